The average molecular weight is 400 g/mol. The van der Waals surface area contributed by atoms with E-state index >= 15 is 0 Å². The van der Waals surface area contributed by atoms with Gasteiger partial charge in [0.2, 0.25) is 0 Å². The summed E-state index contributed by atoms with van der Waals surface area (Å²) in [7, 11) is 0. The molecule has 0 atom stereocenters. The van der Waals surface area contributed by atoms with Gasteiger partial charge >= 0.3 is 0 Å². The standard InChI is InChI=1S/C22H33N5O2/c1-2-7-24-10-12-26(13-11-24)21-4-3-19(18-23-21)22(28)27-8-5-20(6-9-27)25-14-16-29-17-15-25/h2-4,18,20H,1,5-17H2. The van der Waals surface area contributed by atoms with Gasteiger partial charge in [-0.1, -0.05) is 6.08 Å². The average Bonchev–Trinajstić information content (AvgIpc) is 2.80. The van der Waals surface area contributed by atoms with E-state index < -0.39 is 0 Å². The number of aromatic nitrogens is 1. The van der Waals surface area contributed by atoms with E-state index in [0.717, 1.165) is 90.8 Å². The zero-order valence-electron chi connectivity index (χ0n) is 17.3. The van der Waals surface area contributed by atoms with E-state index in [4.69, 9.17) is 4.74 Å². The summed E-state index contributed by atoms with van der Waals surface area (Å²) in [6.07, 6.45) is 5.80. The molecule has 0 aromatic carbocycles. The summed E-state index contributed by atoms with van der Waals surface area (Å²) in [4.78, 5) is 26.7. The molecule has 3 saturated heterocycles. The second kappa shape index (κ2) is 9.69. The number of amides is 1. The lowest BCUT2D eigenvalue weighted by molar-refractivity contribution is 0.00158. The molecule has 4 rings (SSSR count). The number of ether oxygens (including phenoxy) is 1. The first-order valence-electron chi connectivity index (χ1n) is 10.9. The van der Waals surface area contributed by atoms with Crippen LogP contribution >= 0.6 is 0 Å². The number of piperazine rings is 1. The maximum absolute atomic E-state index is 12.9. The maximum Gasteiger partial charge on any atom is 0.255 e. The van der Waals surface area contributed by atoms with Crippen LogP contribution in [-0.4, -0.2) is 104 Å². The lowest BCUT2D eigenvalue weighted by atomic mass is 10.0. The molecule has 0 radical (unpaired) electrons. The molecule has 3 aliphatic rings. The van der Waals surface area contributed by atoms with Crippen molar-refractivity contribution in [2.24, 2.45) is 0 Å². The van der Waals surface area contributed by atoms with Gasteiger partial charge in [0.15, 0.2) is 0 Å². The van der Waals surface area contributed by atoms with E-state index in [1.165, 1.54) is 0 Å². The highest BCUT2D eigenvalue weighted by Crippen LogP contribution is 2.20. The Bertz CT molecular complexity index is 673. The number of likely N-dealkylation sites (tertiary alicyclic amines) is 1. The molecule has 0 unspecified atom stereocenters. The Hall–Kier alpha value is -1.96. The van der Waals surface area contributed by atoms with Crippen LogP contribution in [0.3, 0.4) is 0 Å². The molecule has 158 valence electrons. The third-order valence-electron chi connectivity index (χ3n) is 6.39. The third kappa shape index (κ3) is 4.97. The van der Waals surface area contributed by atoms with Gasteiger partial charge in [-0.05, 0) is 25.0 Å². The van der Waals surface area contributed by atoms with Crippen molar-refractivity contribution in [1.29, 1.82) is 0 Å². The molecular weight excluding hydrogens is 366 g/mol. The second-order valence-corrected chi connectivity index (χ2v) is 8.15. The van der Waals surface area contributed by atoms with Gasteiger partial charge < -0.3 is 14.5 Å². The Morgan fingerprint density at radius 2 is 1.79 bits per heavy atom. The van der Waals surface area contributed by atoms with Crippen molar-refractivity contribution in [2.45, 2.75) is 18.9 Å². The molecule has 0 saturated carbocycles. The molecule has 0 bridgehead atoms. The summed E-state index contributed by atoms with van der Waals surface area (Å²) in [6.45, 7) is 14.1. The Morgan fingerprint density at radius 1 is 1.07 bits per heavy atom. The van der Waals surface area contributed by atoms with Gasteiger partial charge in [0.1, 0.15) is 5.82 Å². The van der Waals surface area contributed by atoms with Gasteiger partial charge in [-0.3, -0.25) is 14.6 Å². The Balaban J connectivity index is 1.28. The first kappa shape index (κ1) is 20.3. The fraction of sp³-hybridized carbons (Fsp3) is 0.636. The van der Waals surface area contributed by atoms with Gasteiger partial charge in [0.05, 0.1) is 18.8 Å². The lowest BCUT2D eigenvalue weighted by Gasteiger charge is -2.40. The van der Waals surface area contributed by atoms with Crippen molar-refractivity contribution >= 4 is 11.7 Å². The van der Waals surface area contributed by atoms with Crippen molar-refractivity contribution in [2.75, 3.05) is 77.0 Å². The molecule has 29 heavy (non-hydrogen) atoms. The molecule has 1 amide bonds. The van der Waals surface area contributed by atoms with Gasteiger partial charge in [-0.15, -0.1) is 6.58 Å². The number of hydrogen-bond acceptors (Lipinski definition) is 6. The summed E-state index contributed by atoms with van der Waals surface area (Å²) < 4.78 is 5.45. The highest BCUT2D eigenvalue weighted by Gasteiger charge is 2.28. The molecule has 0 aliphatic carbocycles. The summed E-state index contributed by atoms with van der Waals surface area (Å²) in [5, 5.41) is 0. The monoisotopic (exact) mass is 399 g/mol. The van der Waals surface area contributed by atoms with Crippen molar-refractivity contribution < 1.29 is 9.53 Å². The smallest absolute Gasteiger partial charge is 0.255 e. The zero-order chi connectivity index (χ0) is 20.1. The van der Waals surface area contributed by atoms with Crippen LogP contribution in [0.15, 0.2) is 31.0 Å². The summed E-state index contributed by atoms with van der Waals surface area (Å²) >= 11 is 0. The highest BCUT2D eigenvalue weighted by molar-refractivity contribution is 5.94. The number of morpholine rings is 1. The minimum atomic E-state index is 0.111. The Morgan fingerprint density at radius 3 is 2.41 bits per heavy atom. The molecule has 3 aliphatic heterocycles. The minimum Gasteiger partial charge on any atom is -0.379 e. The van der Waals surface area contributed by atoms with E-state index in [1.807, 2.05) is 23.1 Å². The van der Waals surface area contributed by atoms with E-state index in [9.17, 15) is 4.79 Å². The van der Waals surface area contributed by atoms with Crippen molar-refractivity contribution in [1.82, 2.24) is 19.7 Å². The van der Waals surface area contributed by atoms with Crippen molar-refractivity contribution in [3.05, 3.63) is 36.5 Å². The van der Waals surface area contributed by atoms with Crippen LogP contribution in [0.2, 0.25) is 0 Å². The van der Waals surface area contributed by atoms with Gasteiger partial charge in [-0.25, -0.2) is 4.98 Å². The molecular formula is C22H33N5O2. The predicted octanol–water partition coefficient (Wildman–Crippen LogP) is 1.33. The molecule has 1 aromatic rings. The number of nitrogens with zero attached hydrogens (tertiary/aromatic N) is 5. The zero-order valence-corrected chi connectivity index (χ0v) is 17.3. The van der Waals surface area contributed by atoms with Gasteiger partial charge in [-0.2, -0.15) is 0 Å². The largest absolute Gasteiger partial charge is 0.379 e. The van der Waals surface area contributed by atoms with E-state index in [1.54, 1.807) is 6.20 Å². The number of piperidine rings is 1. The van der Waals surface area contributed by atoms with Crippen LogP contribution in [0.5, 0.6) is 0 Å². The van der Waals surface area contributed by atoms with E-state index in [-0.39, 0.29) is 5.91 Å². The van der Waals surface area contributed by atoms with Crippen LogP contribution in [0.4, 0.5) is 5.82 Å². The van der Waals surface area contributed by atoms with Crippen LogP contribution in [-0.2, 0) is 4.74 Å². The summed E-state index contributed by atoms with van der Waals surface area (Å²) in [6, 6.07) is 4.52. The normalized spacial score (nSPS) is 22.6. The highest BCUT2D eigenvalue weighted by atomic mass is 16.5. The summed E-state index contributed by atoms with van der Waals surface area (Å²) in [5.74, 6) is 1.08. The van der Waals surface area contributed by atoms with Crippen LogP contribution in [0.25, 0.3) is 0 Å². The topological polar surface area (TPSA) is 52.2 Å². The van der Waals surface area contributed by atoms with Crippen LogP contribution in [0, 0.1) is 0 Å². The molecule has 3 fully saturated rings. The van der Waals surface area contributed by atoms with E-state index in [0.29, 0.717) is 11.6 Å². The Labute approximate surface area is 173 Å². The third-order valence-corrected chi connectivity index (χ3v) is 6.39. The number of hydrogen-bond donors (Lipinski definition) is 0. The number of carbonyl (C=O) groups is 1. The lowest BCUT2D eigenvalue weighted by Crippen LogP contribution is -2.50. The minimum absolute atomic E-state index is 0.111. The Kier molecular flexibility index (Phi) is 6.79. The second-order valence-electron chi connectivity index (χ2n) is 8.15. The van der Waals surface area contributed by atoms with Gasteiger partial charge in [0.25, 0.3) is 5.91 Å². The van der Waals surface area contributed by atoms with Crippen molar-refractivity contribution in [3.8, 4) is 0 Å². The van der Waals surface area contributed by atoms with Crippen molar-refractivity contribution in [3.63, 3.8) is 0 Å². The first-order valence-corrected chi connectivity index (χ1v) is 10.9. The van der Waals surface area contributed by atoms with Crippen LogP contribution < -0.4 is 4.90 Å². The quantitative estimate of drug-likeness (QED) is 0.697. The molecule has 0 spiro atoms. The first-order chi connectivity index (χ1) is 14.2. The fourth-order valence-electron chi connectivity index (χ4n) is 4.60. The van der Waals surface area contributed by atoms with Gasteiger partial charge in [0, 0.05) is 71.1 Å². The predicted molar refractivity (Wildman–Crippen MR) is 114 cm³/mol. The van der Waals surface area contributed by atoms with E-state index in [2.05, 4.69) is 26.3 Å². The SMILES string of the molecule is C=CCN1CCN(c2ccc(C(=O)N3CCC(N4CCOCC4)CC3)cn2)CC1. The number of carbonyl (C=O) groups excluding carboxylic acids is 1. The fourth-order valence-corrected chi connectivity index (χ4v) is 4.60. The maximum atomic E-state index is 12.9. The molecule has 0 N–H and O–H groups in total. The molecule has 7 heteroatoms. The number of anilines is 1. The molecule has 1 aromatic heterocycles. The number of pyridine rings is 1. The molecule has 4 heterocycles. The summed E-state index contributed by atoms with van der Waals surface area (Å²) in [5.41, 5.74) is 0.698. The number of rotatable bonds is 5. The molecule has 7 nitrogen and oxygen atoms in total. The van der Waals surface area contributed by atoms with Crippen LogP contribution in [0.1, 0.15) is 23.2 Å².